The van der Waals surface area contributed by atoms with Crippen LogP contribution in [0.2, 0.25) is 0 Å². The maximum Gasteiger partial charge on any atom is 0.260 e. The van der Waals surface area contributed by atoms with Gasteiger partial charge in [-0.2, -0.15) is 0 Å². The molecule has 158 valence electrons. The Kier molecular flexibility index (Phi) is 5.72. The number of amides is 1. The van der Waals surface area contributed by atoms with Crippen LogP contribution in [0.5, 0.6) is 11.5 Å². The first-order valence-electron chi connectivity index (χ1n) is 10.1. The number of nitrogens with zero attached hydrogens (tertiary/aromatic N) is 2. The fourth-order valence-corrected chi connectivity index (χ4v) is 3.98. The molecular weight excluding hydrogens is 387 g/mol. The average molecular weight is 412 g/mol. The highest BCUT2D eigenvalue weighted by molar-refractivity contribution is 6.02. The van der Waals surface area contributed by atoms with Crippen LogP contribution in [0, 0.1) is 5.82 Å². The van der Waals surface area contributed by atoms with Crippen LogP contribution in [-0.4, -0.2) is 59.9 Å². The highest BCUT2D eigenvalue weighted by atomic mass is 19.1. The van der Waals surface area contributed by atoms with E-state index in [4.69, 9.17) is 9.47 Å². The number of hydrogen-bond acceptors (Lipinski definition) is 5. The summed E-state index contributed by atoms with van der Waals surface area (Å²) in [6.07, 6.45) is 0. The van der Waals surface area contributed by atoms with E-state index in [9.17, 15) is 14.0 Å². The molecule has 1 amide bonds. The summed E-state index contributed by atoms with van der Waals surface area (Å²) >= 11 is 0. The lowest BCUT2D eigenvalue weighted by Crippen LogP contribution is -2.58. The molecule has 2 heterocycles. The number of carbonyl (C=O) groups is 2. The third kappa shape index (κ3) is 4.31. The number of halogens is 1. The molecule has 2 aliphatic heterocycles. The maximum absolute atomic E-state index is 13.1. The summed E-state index contributed by atoms with van der Waals surface area (Å²) in [5.41, 5.74) is 1.60. The highest BCUT2D eigenvalue weighted by Gasteiger charge is 2.32. The van der Waals surface area contributed by atoms with Crippen molar-refractivity contribution in [3.05, 3.63) is 59.4 Å². The zero-order valence-corrected chi connectivity index (χ0v) is 17.1. The molecule has 0 aromatic heterocycles. The zero-order chi connectivity index (χ0) is 21.3. The molecule has 7 heteroatoms. The van der Waals surface area contributed by atoms with Crippen molar-refractivity contribution in [3.63, 3.8) is 0 Å². The summed E-state index contributed by atoms with van der Waals surface area (Å²) in [4.78, 5) is 28.5. The molecule has 0 aliphatic carbocycles. The van der Waals surface area contributed by atoms with E-state index < -0.39 is 0 Å². The summed E-state index contributed by atoms with van der Waals surface area (Å²) in [5.74, 6) is 0.646. The Labute approximate surface area is 175 Å². The van der Waals surface area contributed by atoms with Gasteiger partial charge in [0, 0.05) is 37.8 Å². The standard InChI is InChI=1S/C23H25FN2O4/c1-15-11-26(16(2)10-25(15)12-17-3-5-18(24)6-4-17)23(28)14-29-19-7-8-20-21(27)13-30-22(20)9-19/h3-9,15-16H,10-14H2,1-2H3. The minimum Gasteiger partial charge on any atom is -0.485 e. The number of ether oxygens (including phenoxy) is 2. The zero-order valence-electron chi connectivity index (χ0n) is 17.1. The number of benzene rings is 2. The SMILES string of the molecule is CC1CN(C(=O)COc2ccc3c(c2)OCC3=O)C(C)CN1Cc1ccc(F)cc1. The minimum absolute atomic E-state index is 0.0405. The Bertz CT molecular complexity index is 947. The summed E-state index contributed by atoms with van der Waals surface area (Å²) in [6, 6.07) is 11.8. The predicted octanol–water partition coefficient (Wildman–Crippen LogP) is 2.90. The van der Waals surface area contributed by atoms with Gasteiger partial charge in [-0.05, 0) is 43.7 Å². The fourth-order valence-electron chi connectivity index (χ4n) is 3.98. The lowest BCUT2D eigenvalue weighted by Gasteiger charge is -2.44. The van der Waals surface area contributed by atoms with Gasteiger partial charge in [0.05, 0.1) is 5.56 Å². The van der Waals surface area contributed by atoms with Crippen molar-refractivity contribution < 1.29 is 23.5 Å². The first-order chi connectivity index (χ1) is 14.4. The minimum atomic E-state index is -0.239. The van der Waals surface area contributed by atoms with E-state index in [0.717, 1.165) is 18.7 Å². The lowest BCUT2D eigenvalue weighted by molar-refractivity contribution is -0.139. The maximum atomic E-state index is 13.1. The van der Waals surface area contributed by atoms with Crippen LogP contribution >= 0.6 is 0 Å². The predicted molar refractivity (Wildman–Crippen MR) is 109 cm³/mol. The van der Waals surface area contributed by atoms with E-state index in [1.54, 1.807) is 30.3 Å². The monoisotopic (exact) mass is 412 g/mol. The van der Waals surface area contributed by atoms with Crippen molar-refractivity contribution in [2.75, 3.05) is 26.3 Å². The van der Waals surface area contributed by atoms with Gasteiger partial charge in [0.15, 0.2) is 13.2 Å². The second-order valence-electron chi connectivity index (χ2n) is 7.96. The third-order valence-corrected chi connectivity index (χ3v) is 5.71. The summed E-state index contributed by atoms with van der Waals surface area (Å²) in [5, 5.41) is 0. The van der Waals surface area contributed by atoms with Gasteiger partial charge in [-0.15, -0.1) is 0 Å². The van der Waals surface area contributed by atoms with Crippen molar-refractivity contribution >= 4 is 11.7 Å². The number of Topliss-reactive ketones (excluding diaryl/α,β-unsaturated/α-hetero) is 1. The lowest BCUT2D eigenvalue weighted by atomic mass is 10.1. The van der Waals surface area contributed by atoms with Gasteiger partial charge in [-0.1, -0.05) is 12.1 Å². The second kappa shape index (κ2) is 8.44. The van der Waals surface area contributed by atoms with Crippen molar-refractivity contribution in [2.45, 2.75) is 32.5 Å². The molecule has 0 N–H and O–H groups in total. The quantitative estimate of drug-likeness (QED) is 0.756. The molecule has 1 saturated heterocycles. The van der Waals surface area contributed by atoms with Gasteiger partial charge < -0.3 is 14.4 Å². The average Bonchev–Trinajstić information content (AvgIpc) is 3.10. The molecule has 0 saturated carbocycles. The molecule has 30 heavy (non-hydrogen) atoms. The van der Waals surface area contributed by atoms with Crippen LogP contribution in [0.3, 0.4) is 0 Å². The van der Waals surface area contributed by atoms with Crippen LogP contribution in [-0.2, 0) is 11.3 Å². The van der Waals surface area contributed by atoms with Crippen LogP contribution in [0.4, 0.5) is 4.39 Å². The van der Waals surface area contributed by atoms with E-state index >= 15 is 0 Å². The van der Waals surface area contributed by atoms with Crippen LogP contribution in [0.25, 0.3) is 0 Å². The molecule has 2 atom stereocenters. The van der Waals surface area contributed by atoms with E-state index in [-0.39, 0.29) is 42.8 Å². The van der Waals surface area contributed by atoms with E-state index in [0.29, 0.717) is 23.6 Å². The smallest absolute Gasteiger partial charge is 0.260 e. The topological polar surface area (TPSA) is 59.1 Å². The van der Waals surface area contributed by atoms with Crippen LogP contribution in [0.1, 0.15) is 29.8 Å². The first-order valence-corrected chi connectivity index (χ1v) is 10.1. The Hall–Kier alpha value is -2.93. The molecule has 6 nitrogen and oxygen atoms in total. The molecule has 0 spiro atoms. The van der Waals surface area contributed by atoms with E-state index in [1.165, 1.54) is 12.1 Å². The fraction of sp³-hybridized carbons (Fsp3) is 0.391. The number of hydrogen-bond donors (Lipinski definition) is 0. The Balaban J connectivity index is 1.33. The van der Waals surface area contributed by atoms with Crippen molar-refractivity contribution in [3.8, 4) is 11.5 Å². The molecule has 2 unspecified atom stereocenters. The summed E-state index contributed by atoms with van der Waals surface area (Å²) < 4.78 is 24.1. The number of rotatable bonds is 5. The van der Waals surface area contributed by atoms with Crippen LogP contribution < -0.4 is 9.47 Å². The molecule has 0 bridgehead atoms. The van der Waals surface area contributed by atoms with Gasteiger partial charge in [0.1, 0.15) is 17.3 Å². The number of fused-ring (bicyclic) bond motifs is 1. The van der Waals surface area contributed by atoms with Gasteiger partial charge in [-0.3, -0.25) is 14.5 Å². The van der Waals surface area contributed by atoms with E-state index in [2.05, 4.69) is 11.8 Å². The largest absolute Gasteiger partial charge is 0.485 e. The Morgan fingerprint density at radius 2 is 1.90 bits per heavy atom. The number of piperazine rings is 1. The number of carbonyl (C=O) groups excluding carboxylic acids is 2. The molecule has 1 fully saturated rings. The third-order valence-electron chi connectivity index (χ3n) is 5.71. The second-order valence-corrected chi connectivity index (χ2v) is 7.96. The molecular formula is C23H25FN2O4. The van der Waals surface area contributed by atoms with Crippen molar-refractivity contribution in [1.82, 2.24) is 9.80 Å². The Morgan fingerprint density at radius 1 is 1.13 bits per heavy atom. The summed E-state index contributed by atoms with van der Waals surface area (Å²) in [6.45, 7) is 6.16. The summed E-state index contributed by atoms with van der Waals surface area (Å²) in [7, 11) is 0. The molecule has 0 radical (unpaired) electrons. The highest BCUT2D eigenvalue weighted by Crippen LogP contribution is 2.29. The first kappa shape index (κ1) is 20.3. The van der Waals surface area contributed by atoms with Gasteiger partial charge in [0.2, 0.25) is 5.78 Å². The van der Waals surface area contributed by atoms with Gasteiger partial charge in [0.25, 0.3) is 5.91 Å². The van der Waals surface area contributed by atoms with Gasteiger partial charge in [-0.25, -0.2) is 4.39 Å². The Morgan fingerprint density at radius 3 is 2.67 bits per heavy atom. The van der Waals surface area contributed by atoms with Crippen LogP contribution in [0.15, 0.2) is 42.5 Å². The van der Waals surface area contributed by atoms with Gasteiger partial charge >= 0.3 is 0 Å². The molecule has 4 rings (SSSR count). The molecule has 2 aliphatic rings. The van der Waals surface area contributed by atoms with E-state index in [1.807, 2.05) is 11.8 Å². The molecule has 2 aromatic rings. The number of ketones is 1. The van der Waals surface area contributed by atoms with Crippen molar-refractivity contribution in [2.24, 2.45) is 0 Å². The molecule has 2 aromatic carbocycles. The normalized spacial score (nSPS) is 21.3. The van der Waals surface area contributed by atoms with Crippen molar-refractivity contribution in [1.29, 1.82) is 0 Å².